The van der Waals surface area contributed by atoms with Crippen LogP contribution < -0.4 is 10.2 Å². The third kappa shape index (κ3) is 4.82. The number of rotatable bonds is 5. The van der Waals surface area contributed by atoms with Crippen molar-refractivity contribution in [1.29, 1.82) is 0 Å². The summed E-state index contributed by atoms with van der Waals surface area (Å²) >= 11 is 0. The number of hydrogen-bond acceptors (Lipinski definition) is 4. The van der Waals surface area contributed by atoms with Crippen LogP contribution in [0.25, 0.3) is 0 Å². The minimum absolute atomic E-state index is 0.180. The number of pyridine rings is 2. The second kappa shape index (κ2) is 8.60. The number of nitrogens with one attached hydrogen (secondary N) is 1. The Bertz CT molecular complexity index is 1070. The minimum Gasteiger partial charge on any atom is -0.326 e. The highest BCUT2D eigenvalue weighted by molar-refractivity contribution is 5.99. The van der Waals surface area contributed by atoms with Gasteiger partial charge in [0.05, 0.1) is 12.1 Å². The fourth-order valence-corrected chi connectivity index (χ4v) is 3.01. The van der Waals surface area contributed by atoms with Gasteiger partial charge in [-0.05, 0) is 42.7 Å². The molecule has 6 nitrogen and oxygen atoms in total. The van der Waals surface area contributed by atoms with E-state index >= 15 is 0 Å². The second-order valence-electron chi connectivity index (χ2n) is 6.68. The second-order valence-corrected chi connectivity index (χ2v) is 6.68. The van der Waals surface area contributed by atoms with Gasteiger partial charge in [0.15, 0.2) is 0 Å². The Morgan fingerprint density at radius 2 is 1.83 bits per heavy atom. The zero-order chi connectivity index (χ0) is 21.0. The topological polar surface area (TPSA) is 75.2 Å². The fraction of sp³-hybridized carbons (Fsp3) is 0.182. The minimum atomic E-state index is -0.702. The van der Waals surface area contributed by atoms with Crippen LogP contribution in [0.4, 0.5) is 21.6 Å². The number of nitrogens with zero attached hydrogens (tertiary/aromatic N) is 3. The summed E-state index contributed by atoms with van der Waals surface area (Å²) in [6.45, 7) is 5.34. The number of amides is 2. The molecule has 0 saturated carbocycles. The van der Waals surface area contributed by atoms with Crippen LogP contribution in [0, 0.1) is 19.8 Å². The lowest BCUT2D eigenvalue weighted by Crippen LogP contribution is -2.24. The maximum Gasteiger partial charge on any atom is 0.229 e. The van der Waals surface area contributed by atoms with Gasteiger partial charge in [0.25, 0.3) is 0 Å². The number of halogens is 1. The molecule has 3 rings (SSSR count). The number of carbonyl (C=O) groups is 2. The lowest BCUT2D eigenvalue weighted by molar-refractivity contribution is -0.116. The Hall–Kier alpha value is -3.61. The zero-order valence-electron chi connectivity index (χ0n) is 16.4. The Morgan fingerprint density at radius 3 is 2.55 bits per heavy atom. The molecular formula is C22H21FN4O2. The van der Waals surface area contributed by atoms with Crippen molar-refractivity contribution in [2.24, 2.45) is 0 Å². The standard InChI is InChI=1S/C22H21FN4O2/c1-14-5-4-6-17(15(14)2)11-22(29)26-18-7-9-25-21(12-18)27(16(3)28)19-8-10-24-20(23)13-19/h4-10,12-13H,11H2,1-3H3,(H,25,26,29). The molecule has 1 N–H and O–H groups in total. The molecule has 3 aromatic rings. The van der Waals surface area contributed by atoms with Crippen LogP contribution >= 0.6 is 0 Å². The lowest BCUT2D eigenvalue weighted by Gasteiger charge is -2.20. The molecular weight excluding hydrogens is 371 g/mol. The molecule has 0 radical (unpaired) electrons. The van der Waals surface area contributed by atoms with E-state index in [1.54, 1.807) is 12.1 Å². The average molecular weight is 392 g/mol. The summed E-state index contributed by atoms with van der Waals surface area (Å²) in [5.74, 6) is -0.957. The summed E-state index contributed by atoms with van der Waals surface area (Å²) < 4.78 is 13.5. The number of carbonyl (C=O) groups excluding carboxylic acids is 2. The van der Waals surface area contributed by atoms with Crippen LogP contribution in [0.5, 0.6) is 0 Å². The van der Waals surface area contributed by atoms with E-state index in [2.05, 4.69) is 15.3 Å². The summed E-state index contributed by atoms with van der Waals surface area (Å²) in [6.07, 6.45) is 2.99. The normalized spacial score (nSPS) is 10.5. The van der Waals surface area contributed by atoms with E-state index in [-0.39, 0.29) is 24.1 Å². The van der Waals surface area contributed by atoms with Gasteiger partial charge in [0.2, 0.25) is 17.8 Å². The predicted octanol–water partition coefficient (Wildman–Crippen LogP) is 4.10. The van der Waals surface area contributed by atoms with Crippen molar-refractivity contribution >= 4 is 29.0 Å². The Labute approximate surface area is 168 Å². The lowest BCUT2D eigenvalue weighted by atomic mass is 10.0. The van der Waals surface area contributed by atoms with E-state index in [4.69, 9.17) is 0 Å². The van der Waals surface area contributed by atoms with Gasteiger partial charge in [-0.1, -0.05) is 18.2 Å². The maximum absolute atomic E-state index is 13.5. The van der Waals surface area contributed by atoms with Crippen molar-refractivity contribution in [3.63, 3.8) is 0 Å². The van der Waals surface area contributed by atoms with E-state index in [0.717, 1.165) is 22.8 Å². The summed E-state index contributed by atoms with van der Waals surface area (Å²) in [7, 11) is 0. The third-order valence-corrected chi connectivity index (χ3v) is 4.61. The molecule has 0 saturated heterocycles. The molecule has 0 unspecified atom stereocenters. The number of aryl methyl sites for hydroxylation is 1. The van der Waals surface area contributed by atoms with Crippen LogP contribution in [0.2, 0.25) is 0 Å². The van der Waals surface area contributed by atoms with Crippen LogP contribution in [0.15, 0.2) is 54.9 Å². The maximum atomic E-state index is 13.5. The first kappa shape index (κ1) is 20.1. The molecule has 0 fully saturated rings. The van der Waals surface area contributed by atoms with Gasteiger partial charge in [0, 0.05) is 37.1 Å². The largest absolute Gasteiger partial charge is 0.326 e. The van der Waals surface area contributed by atoms with Gasteiger partial charge in [-0.15, -0.1) is 0 Å². The molecule has 148 valence electrons. The Morgan fingerprint density at radius 1 is 1.07 bits per heavy atom. The van der Waals surface area contributed by atoms with E-state index in [1.807, 2.05) is 32.0 Å². The molecule has 2 amide bonds. The molecule has 1 aromatic carbocycles. The first-order valence-corrected chi connectivity index (χ1v) is 9.08. The molecule has 0 bridgehead atoms. The van der Waals surface area contributed by atoms with E-state index < -0.39 is 5.95 Å². The molecule has 0 spiro atoms. The zero-order valence-corrected chi connectivity index (χ0v) is 16.4. The van der Waals surface area contributed by atoms with Crippen LogP contribution in [-0.2, 0) is 16.0 Å². The van der Waals surface area contributed by atoms with Gasteiger partial charge < -0.3 is 5.32 Å². The average Bonchev–Trinajstić information content (AvgIpc) is 2.66. The number of benzene rings is 1. The van der Waals surface area contributed by atoms with Gasteiger partial charge in [-0.2, -0.15) is 4.39 Å². The summed E-state index contributed by atoms with van der Waals surface area (Å²) in [6, 6.07) is 11.7. The van der Waals surface area contributed by atoms with Crippen molar-refractivity contribution in [1.82, 2.24) is 9.97 Å². The first-order chi connectivity index (χ1) is 13.8. The molecule has 2 aromatic heterocycles. The third-order valence-electron chi connectivity index (χ3n) is 4.61. The SMILES string of the molecule is CC(=O)N(c1ccnc(F)c1)c1cc(NC(=O)Cc2cccc(C)c2C)ccn1. The molecule has 0 atom stereocenters. The summed E-state index contributed by atoms with van der Waals surface area (Å²) in [5, 5.41) is 2.83. The van der Waals surface area contributed by atoms with E-state index in [0.29, 0.717) is 11.4 Å². The first-order valence-electron chi connectivity index (χ1n) is 9.08. The quantitative estimate of drug-likeness (QED) is 0.664. The van der Waals surface area contributed by atoms with Crippen molar-refractivity contribution in [3.8, 4) is 0 Å². The summed E-state index contributed by atoms with van der Waals surface area (Å²) in [5.41, 5.74) is 3.96. The van der Waals surface area contributed by atoms with Gasteiger partial charge >= 0.3 is 0 Å². The number of anilines is 3. The molecule has 0 aliphatic heterocycles. The number of hydrogen-bond donors (Lipinski definition) is 1. The van der Waals surface area contributed by atoms with Crippen molar-refractivity contribution < 1.29 is 14.0 Å². The highest BCUT2D eigenvalue weighted by Gasteiger charge is 2.17. The van der Waals surface area contributed by atoms with Crippen molar-refractivity contribution in [3.05, 3.63) is 77.5 Å². The van der Waals surface area contributed by atoms with Crippen molar-refractivity contribution in [2.45, 2.75) is 27.2 Å². The van der Waals surface area contributed by atoms with Crippen LogP contribution in [0.3, 0.4) is 0 Å². The van der Waals surface area contributed by atoms with Gasteiger partial charge in [-0.25, -0.2) is 9.97 Å². The highest BCUT2D eigenvalue weighted by Crippen LogP contribution is 2.26. The molecule has 7 heteroatoms. The smallest absolute Gasteiger partial charge is 0.229 e. The highest BCUT2D eigenvalue weighted by atomic mass is 19.1. The summed E-state index contributed by atoms with van der Waals surface area (Å²) in [4.78, 5) is 33.6. The predicted molar refractivity (Wildman–Crippen MR) is 110 cm³/mol. The molecule has 29 heavy (non-hydrogen) atoms. The Balaban J connectivity index is 1.82. The van der Waals surface area contributed by atoms with Gasteiger partial charge in [-0.3, -0.25) is 14.5 Å². The molecule has 0 aliphatic carbocycles. The monoisotopic (exact) mass is 392 g/mol. The van der Waals surface area contributed by atoms with Gasteiger partial charge in [0.1, 0.15) is 5.82 Å². The Kier molecular flexibility index (Phi) is 5.97. The van der Waals surface area contributed by atoms with E-state index in [9.17, 15) is 14.0 Å². The van der Waals surface area contributed by atoms with Crippen LogP contribution in [-0.4, -0.2) is 21.8 Å². The van der Waals surface area contributed by atoms with E-state index in [1.165, 1.54) is 30.3 Å². The van der Waals surface area contributed by atoms with Crippen molar-refractivity contribution in [2.75, 3.05) is 10.2 Å². The molecule has 2 heterocycles. The van der Waals surface area contributed by atoms with Crippen LogP contribution in [0.1, 0.15) is 23.6 Å². The number of aromatic nitrogens is 2. The molecule has 0 aliphatic rings. The fourth-order valence-electron chi connectivity index (χ4n) is 3.01.